The smallest absolute Gasteiger partial charge is 0.195 e. The topological polar surface area (TPSA) is 87.9 Å². The molecule has 1 aliphatic rings. The third-order valence-corrected chi connectivity index (χ3v) is 5.28. The van der Waals surface area contributed by atoms with E-state index in [-0.39, 0.29) is 12.6 Å². The third kappa shape index (κ3) is 4.76. The normalized spacial score (nSPS) is 17.6. The minimum absolute atomic E-state index is 0.0356. The van der Waals surface area contributed by atoms with Crippen molar-refractivity contribution >= 4 is 22.3 Å². The maximum atomic E-state index is 9.18. The third-order valence-electron chi connectivity index (χ3n) is 5.28. The first-order valence-electron chi connectivity index (χ1n) is 9.38. The molecular weight excluding hydrogens is 336 g/mol. The molecule has 1 atom stereocenters. The summed E-state index contributed by atoms with van der Waals surface area (Å²) in [6.45, 7) is 5.79. The van der Waals surface area contributed by atoms with Gasteiger partial charge in [-0.05, 0) is 52.8 Å². The van der Waals surface area contributed by atoms with Gasteiger partial charge < -0.3 is 21.5 Å². The summed E-state index contributed by atoms with van der Waals surface area (Å²) < 4.78 is 0. The van der Waals surface area contributed by atoms with Gasteiger partial charge in [0.2, 0.25) is 0 Å². The number of hydrogen-bond donors (Lipinski definition) is 3. The van der Waals surface area contributed by atoms with Crippen LogP contribution in [0.5, 0.6) is 0 Å². The van der Waals surface area contributed by atoms with Gasteiger partial charge in [-0.2, -0.15) is 0 Å². The molecule has 0 spiro atoms. The molecule has 0 radical (unpaired) electrons. The number of benzene rings is 2. The Balaban J connectivity index is 1.59. The molecule has 5 N–H and O–H groups in total. The van der Waals surface area contributed by atoms with Crippen molar-refractivity contribution in [2.24, 2.45) is 22.4 Å². The first kappa shape index (κ1) is 19.1. The molecule has 5 nitrogen and oxygen atoms in total. The zero-order chi connectivity index (χ0) is 19.2. The van der Waals surface area contributed by atoms with E-state index >= 15 is 0 Å². The number of guanidine groups is 1. The number of likely N-dealkylation sites (tertiary alicyclic amines) is 1. The summed E-state index contributed by atoms with van der Waals surface area (Å²) in [7, 11) is 0. The van der Waals surface area contributed by atoms with E-state index in [9.17, 15) is 5.11 Å². The summed E-state index contributed by atoms with van der Waals surface area (Å²) in [6, 6.07) is 14.4. The monoisotopic (exact) mass is 364 g/mol. The maximum Gasteiger partial charge on any atom is 0.195 e. The molecule has 1 saturated heterocycles. The molecule has 0 bridgehead atoms. The largest absolute Gasteiger partial charge is 0.395 e. The lowest BCUT2D eigenvalue weighted by Gasteiger charge is -2.34. The number of rotatable bonds is 5. The van der Waals surface area contributed by atoms with Gasteiger partial charge in [0.1, 0.15) is 0 Å². The Morgan fingerprint density at radius 2 is 1.93 bits per heavy atom. The molecular formula is C22H28N4O. The standard InChI is InChI=1S/C22H28N4O/c1-16(19-7-6-17-4-2-3-5-20(17)14-19)8-11-25-22(24)26-12-9-18(10-13-26)21(23)15-27/h2-8,11,14,18,21,27H,1,9-10,12-13,15,23H2,(H2,24,25)/b11-8-/t21-/m0/s1. The van der Waals surface area contributed by atoms with Crippen LogP contribution in [0.4, 0.5) is 0 Å². The molecule has 1 aliphatic heterocycles. The summed E-state index contributed by atoms with van der Waals surface area (Å²) in [6.07, 6.45) is 5.43. The molecule has 1 fully saturated rings. The summed E-state index contributed by atoms with van der Waals surface area (Å²) in [4.78, 5) is 6.42. The Morgan fingerprint density at radius 1 is 1.22 bits per heavy atom. The van der Waals surface area contributed by atoms with Crippen LogP contribution < -0.4 is 11.5 Å². The Kier molecular flexibility index (Phi) is 6.27. The Labute approximate surface area is 160 Å². The molecule has 3 rings (SSSR count). The molecule has 5 heteroatoms. The fourth-order valence-electron chi connectivity index (χ4n) is 3.48. The lowest BCUT2D eigenvalue weighted by Crippen LogP contribution is -2.46. The quantitative estimate of drug-likeness (QED) is 0.432. The Hall–Kier alpha value is -2.63. The lowest BCUT2D eigenvalue weighted by molar-refractivity contribution is 0.176. The number of aliphatic imine (C=N–C) groups is 1. The van der Waals surface area contributed by atoms with E-state index in [2.05, 4.69) is 46.8 Å². The highest BCUT2D eigenvalue weighted by Crippen LogP contribution is 2.21. The number of allylic oxidation sites excluding steroid dienone is 2. The highest BCUT2D eigenvalue weighted by atomic mass is 16.3. The zero-order valence-electron chi connectivity index (χ0n) is 15.6. The van der Waals surface area contributed by atoms with Crippen LogP contribution in [0.1, 0.15) is 18.4 Å². The van der Waals surface area contributed by atoms with E-state index in [1.54, 1.807) is 6.20 Å². The zero-order valence-corrected chi connectivity index (χ0v) is 15.6. The van der Waals surface area contributed by atoms with Crippen LogP contribution in [-0.2, 0) is 0 Å². The van der Waals surface area contributed by atoms with Crippen molar-refractivity contribution in [2.75, 3.05) is 19.7 Å². The van der Waals surface area contributed by atoms with Crippen LogP contribution in [0.15, 0.2) is 66.3 Å². The van der Waals surface area contributed by atoms with E-state index in [1.807, 2.05) is 18.2 Å². The maximum absolute atomic E-state index is 9.18. The van der Waals surface area contributed by atoms with Crippen LogP contribution in [-0.4, -0.2) is 41.7 Å². The Morgan fingerprint density at radius 3 is 2.63 bits per heavy atom. The second kappa shape index (κ2) is 8.84. The minimum Gasteiger partial charge on any atom is -0.395 e. The van der Waals surface area contributed by atoms with Crippen LogP contribution >= 0.6 is 0 Å². The SMILES string of the molecule is C=C(/C=C\N=C(N)N1CCC([C@@H](N)CO)CC1)c1ccc2ccccc2c1. The fourth-order valence-corrected chi connectivity index (χ4v) is 3.48. The molecule has 27 heavy (non-hydrogen) atoms. The summed E-state index contributed by atoms with van der Waals surface area (Å²) >= 11 is 0. The lowest BCUT2D eigenvalue weighted by atomic mass is 9.90. The number of piperidine rings is 1. The number of nitrogens with two attached hydrogens (primary N) is 2. The van der Waals surface area contributed by atoms with Crippen molar-refractivity contribution in [2.45, 2.75) is 18.9 Å². The fraction of sp³-hybridized carbons (Fsp3) is 0.318. The van der Waals surface area contributed by atoms with Crippen molar-refractivity contribution in [1.29, 1.82) is 0 Å². The molecule has 0 aromatic heterocycles. The van der Waals surface area contributed by atoms with Gasteiger partial charge in [-0.3, -0.25) is 0 Å². The Bertz CT molecular complexity index is 850. The van der Waals surface area contributed by atoms with Crippen LogP contribution in [0.2, 0.25) is 0 Å². The molecule has 2 aromatic carbocycles. The van der Waals surface area contributed by atoms with E-state index in [1.165, 1.54) is 10.8 Å². The van der Waals surface area contributed by atoms with Gasteiger partial charge in [0, 0.05) is 25.3 Å². The van der Waals surface area contributed by atoms with Gasteiger partial charge in [0.15, 0.2) is 5.96 Å². The van der Waals surface area contributed by atoms with Crippen molar-refractivity contribution < 1.29 is 5.11 Å². The van der Waals surface area contributed by atoms with E-state index in [0.717, 1.165) is 37.1 Å². The average Bonchev–Trinajstić information content (AvgIpc) is 2.72. The second-order valence-corrected chi connectivity index (χ2v) is 7.06. The van der Waals surface area contributed by atoms with Gasteiger partial charge in [0.05, 0.1) is 6.61 Å². The van der Waals surface area contributed by atoms with Crippen molar-refractivity contribution in [3.63, 3.8) is 0 Å². The molecule has 0 amide bonds. The predicted molar refractivity (Wildman–Crippen MR) is 113 cm³/mol. The number of aliphatic hydroxyl groups is 1. The number of hydrogen-bond acceptors (Lipinski definition) is 3. The van der Waals surface area contributed by atoms with Gasteiger partial charge in [0.25, 0.3) is 0 Å². The number of nitrogens with zero attached hydrogens (tertiary/aromatic N) is 2. The molecule has 2 aromatic rings. The number of aliphatic hydroxyl groups excluding tert-OH is 1. The van der Waals surface area contributed by atoms with Crippen molar-refractivity contribution in [3.8, 4) is 0 Å². The van der Waals surface area contributed by atoms with E-state index in [4.69, 9.17) is 11.5 Å². The minimum atomic E-state index is -0.143. The van der Waals surface area contributed by atoms with Crippen LogP contribution in [0, 0.1) is 5.92 Å². The summed E-state index contributed by atoms with van der Waals surface area (Å²) in [5.74, 6) is 0.857. The van der Waals surface area contributed by atoms with Gasteiger partial charge in [-0.15, -0.1) is 0 Å². The molecule has 0 unspecified atom stereocenters. The van der Waals surface area contributed by atoms with Gasteiger partial charge >= 0.3 is 0 Å². The second-order valence-electron chi connectivity index (χ2n) is 7.06. The average molecular weight is 364 g/mol. The van der Waals surface area contributed by atoms with Crippen LogP contribution in [0.25, 0.3) is 16.3 Å². The highest BCUT2D eigenvalue weighted by Gasteiger charge is 2.24. The molecule has 142 valence electrons. The first-order chi connectivity index (χ1) is 13.1. The first-order valence-corrected chi connectivity index (χ1v) is 9.38. The highest BCUT2D eigenvalue weighted by molar-refractivity contribution is 5.87. The predicted octanol–water partition coefficient (Wildman–Crippen LogP) is 2.71. The van der Waals surface area contributed by atoms with E-state index in [0.29, 0.717) is 11.9 Å². The summed E-state index contributed by atoms with van der Waals surface area (Å²) in [5, 5.41) is 11.6. The van der Waals surface area contributed by atoms with Crippen molar-refractivity contribution in [3.05, 3.63) is 66.9 Å². The molecule has 0 saturated carbocycles. The summed E-state index contributed by atoms with van der Waals surface area (Å²) in [5.41, 5.74) is 14.0. The van der Waals surface area contributed by atoms with E-state index < -0.39 is 0 Å². The molecule has 1 heterocycles. The number of fused-ring (bicyclic) bond motifs is 1. The van der Waals surface area contributed by atoms with Crippen molar-refractivity contribution in [1.82, 2.24) is 4.90 Å². The van der Waals surface area contributed by atoms with Gasteiger partial charge in [-0.25, -0.2) is 4.99 Å². The van der Waals surface area contributed by atoms with Gasteiger partial charge in [-0.1, -0.05) is 43.0 Å². The van der Waals surface area contributed by atoms with Crippen LogP contribution in [0.3, 0.4) is 0 Å². The molecule has 0 aliphatic carbocycles.